The molecular weight excluding hydrogens is 200 g/mol. The molecular formula is C9H14N2O2S. The van der Waals surface area contributed by atoms with Crippen molar-refractivity contribution in [3.8, 4) is 0 Å². The van der Waals surface area contributed by atoms with Crippen molar-refractivity contribution in [3.05, 3.63) is 23.3 Å². The minimum absolute atomic E-state index is 0.189. The Morgan fingerprint density at radius 1 is 1.21 bits per heavy atom. The smallest absolute Gasteiger partial charge is 0.238 e. The van der Waals surface area contributed by atoms with Crippen molar-refractivity contribution in [1.82, 2.24) is 0 Å². The van der Waals surface area contributed by atoms with Crippen LogP contribution in [0.2, 0.25) is 0 Å². The van der Waals surface area contributed by atoms with Crippen LogP contribution >= 0.6 is 0 Å². The number of primary sulfonamides is 1. The van der Waals surface area contributed by atoms with E-state index in [2.05, 4.69) is 5.32 Å². The molecule has 0 aliphatic carbocycles. The lowest BCUT2D eigenvalue weighted by molar-refractivity contribution is 0.597. The molecule has 1 aromatic rings. The molecule has 1 aromatic carbocycles. The van der Waals surface area contributed by atoms with Crippen LogP contribution in [0.4, 0.5) is 5.69 Å². The van der Waals surface area contributed by atoms with Crippen LogP contribution in [0, 0.1) is 13.8 Å². The summed E-state index contributed by atoms with van der Waals surface area (Å²) in [4.78, 5) is 0.189. The third-order valence-corrected chi connectivity index (χ3v) is 3.15. The van der Waals surface area contributed by atoms with Crippen molar-refractivity contribution in [2.75, 3.05) is 12.4 Å². The molecule has 78 valence electrons. The Morgan fingerprint density at radius 3 is 2.21 bits per heavy atom. The Kier molecular flexibility index (Phi) is 2.82. The zero-order valence-corrected chi connectivity index (χ0v) is 9.27. The van der Waals surface area contributed by atoms with Crippen LogP contribution in [-0.2, 0) is 10.0 Å². The Morgan fingerprint density at radius 2 is 1.79 bits per heavy atom. The number of nitrogens with one attached hydrogen (secondary N) is 1. The predicted molar refractivity (Wildman–Crippen MR) is 56.8 cm³/mol. The third kappa shape index (κ3) is 2.05. The van der Waals surface area contributed by atoms with Gasteiger partial charge in [0.15, 0.2) is 0 Å². The van der Waals surface area contributed by atoms with Crippen molar-refractivity contribution < 1.29 is 8.42 Å². The van der Waals surface area contributed by atoms with E-state index in [-0.39, 0.29) is 4.90 Å². The third-order valence-electron chi connectivity index (χ3n) is 2.10. The zero-order chi connectivity index (χ0) is 10.9. The second kappa shape index (κ2) is 3.59. The molecule has 14 heavy (non-hydrogen) atoms. The molecule has 0 heterocycles. The molecule has 4 nitrogen and oxygen atoms in total. The first-order valence-electron chi connectivity index (χ1n) is 4.18. The number of rotatable bonds is 2. The van der Waals surface area contributed by atoms with E-state index in [1.165, 1.54) is 0 Å². The highest BCUT2D eigenvalue weighted by atomic mass is 32.2. The van der Waals surface area contributed by atoms with E-state index in [4.69, 9.17) is 5.14 Å². The molecule has 0 radical (unpaired) electrons. The highest BCUT2D eigenvalue weighted by Gasteiger charge is 2.12. The summed E-state index contributed by atoms with van der Waals surface area (Å²) in [6.45, 7) is 3.56. The van der Waals surface area contributed by atoms with Crippen LogP contribution in [0.1, 0.15) is 11.1 Å². The summed E-state index contributed by atoms with van der Waals surface area (Å²) in [7, 11) is -1.82. The summed E-state index contributed by atoms with van der Waals surface area (Å²) in [5.41, 5.74) is 2.43. The number of benzene rings is 1. The molecule has 0 saturated heterocycles. The maximum Gasteiger partial charge on any atom is 0.238 e. The molecule has 0 bridgehead atoms. The number of aryl methyl sites for hydroxylation is 2. The van der Waals surface area contributed by atoms with Crippen molar-refractivity contribution in [3.63, 3.8) is 0 Å². The zero-order valence-electron chi connectivity index (χ0n) is 8.46. The van der Waals surface area contributed by atoms with Crippen LogP contribution in [0.5, 0.6) is 0 Å². The lowest BCUT2D eigenvalue weighted by Gasteiger charge is -2.09. The molecule has 1 rings (SSSR count). The molecule has 0 saturated carbocycles. The second-order valence-electron chi connectivity index (χ2n) is 3.23. The summed E-state index contributed by atoms with van der Waals surface area (Å²) in [6.07, 6.45) is 0. The molecule has 0 fully saturated rings. The normalized spacial score (nSPS) is 11.4. The number of anilines is 1. The van der Waals surface area contributed by atoms with E-state index >= 15 is 0 Å². The molecule has 0 aromatic heterocycles. The predicted octanol–water partition coefficient (Wildman–Crippen LogP) is 0.993. The van der Waals surface area contributed by atoms with E-state index in [1.807, 2.05) is 6.92 Å². The van der Waals surface area contributed by atoms with Crippen molar-refractivity contribution in [1.29, 1.82) is 0 Å². The summed E-state index contributed by atoms with van der Waals surface area (Å²) in [6, 6.07) is 3.35. The van der Waals surface area contributed by atoms with Crippen LogP contribution in [0.15, 0.2) is 17.0 Å². The van der Waals surface area contributed by atoms with E-state index in [9.17, 15) is 8.42 Å². The molecule has 5 heteroatoms. The highest BCUT2D eigenvalue weighted by Crippen LogP contribution is 2.22. The van der Waals surface area contributed by atoms with E-state index in [1.54, 1.807) is 26.1 Å². The maximum absolute atomic E-state index is 11.2. The average molecular weight is 214 g/mol. The standard InChI is InChI=1S/C9H14N2O2S/c1-6-5-9(14(10,12)13)7(2)4-8(6)11-3/h4-5,11H,1-3H3,(H2,10,12,13). The molecule has 0 atom stereocenters. The van der Waals surface area contributed by atoms with Crippen molar-refractivity contribution >= 4 is 15.7 Å². The Bertz CT molecular complexity index is 452. The fourth-order valence-corrected chi connectivity index (χ4v) is 2.21. The number of hydrogen-bond donors (Lipinski definition) is 2. The topological polar surface area (TPSA) is 72.2 Å². The largest absolute Gasteiger partial charge is 0.388 e. The van der Waals surface area contributed by atoms with Gasteiger partial charge in [-0.15, -0.1) is 0 Å². The minimum Gasteiger partial charge on any atom is -0.388 e. The van der Waals surface area contributed by atoms with Gasteiger partial charge in [0.2, 0.25) is 10.0 Å². The minimum atomic E-state index is -3.61. The van der Waals surface area contributed by atoms with Gasteiger partial charge in [0.25, 0.3) is 0 Å². The fraction of sp³-hybridized carbons (Fsp3) is 0.333. The quantitative estimate of drug-likeness (QED) is 0.771. The van der Waals surface area contributed by atoms with Crippen LogP contribution < -0.4 is 10.5 Å². The summed E-state index contributed by atoms with van der Waals surface area (Å²) < 4.78 is 22.3. The number of nitrogens with two attached hydrogens (primary N) is 1. The summed E-state index contributed by atoms with van der Waals surface area (Å²) >= 11 is 0. The lowest BCUT2D eigenvalue weighted by atomic mass is 10.1. The van der Waals surface area contributed by atoms with Gasteiger partial charge in [-0.3, -0.25) is 0 Å². The van der Waals surface area contributed by atoms with Crippen LogP contribution in [0.3, 0.4) is 0 Å². The molecule has 0 aliphatic heterocycles. The summed E-state index contributed by atoms with van der Waals surface area (Å²) in [5.74, 6) is 0. The maximum atomic E-state index is 11.2. The molecule has 0 aliphatic rings. The fourth-order valence-electron chi connectivity index (χ4n) is 1.37. The second-order valence-corrected chi connectivity index (χ2v) is 4.76. The first-order chi connectivity index (χ1) is 6.36. The molecule has 3 N–H and O–H groups in total. The SMILES string of the molecule is CNc1cc(C)c(S(N)(=O)=O)cc1C. The number of sulfonamides is 1. The van der Waals surface area contributed by atoms with Gasteiger partial charge >= 0.3 is 0 Å². The summed E-state index contributed by atoms with van der Waals surface area (Å²) in [5, 5.41) is 8.05. The Labute approximate surface area is 84.2 Å². The van der Waals surface area contributed by atoms with Gasteiger partial charge in [-0.25, -0.2) is 13.6 Å². The van der Waals surface area contributed by atoms with Crippen molar-refractivity contribution in [2.24, 2.45) is 5.14 Å². The van der Waals surface area contributed by atoms with Gasteiger partial charge in [0.05, 0.1) is 4.90 Å². The Hall–Kier alpha value is -1.07. The van der Waals surface area contributed by atoms with Gasteiger partial charge in [-0.1, -0.05) is 0 Å². The molecule has 0 amide bonds. The van der Waals surface area contributed by atoms with Crippen LogP contribution in [0.25, 0.3) is 0 Å². The van der Waals surface area contributed by atoms with Gasteiger partial charge in [0.1, 0.15) is 0 Å². The van der Waals surface area contributed by atoms with Crippen molar-refractivity contribution in [2.45, 2.75) is 18.7 Å². The van der Waals surface area contributed by atoms with E-state index < -0.39 is 10.0 Å². The monoisotopic (exact) mass is 214 g/mol. The van der Waals surface area contributed by atoms with Crippen LogP contribution in [-0.4, -0.2) is 15.5 Å². The van der Waals surface area contributed by atoms with Gasteiger partial charge in [0, 0.05) is 12.7 Å². The van der Waals surface area contributed by atoms with E-state index in [0.717, 1.165) is 11.3 Å². The number of hydrogen-bond acceptors (Lipinski definition) is 3. The molecule has 0 unspecified atom stereocenters. The van der Waals surface area contributed by atoms with Gasteiger partial charge < -0.3 is 5.32 Å². The van der Waals surface area contributed by atoms with Gasteiger partial charge in [-0.05, 0) is 37.1 Å². The first-order valence-corrected chi connectivity index (χ1v) is 5.72. The van der Waals surface area contributed by atoms with E-state index in [0.29, 0.717) is 5.56 Å². The lowest BCUT2D eigenvalue weighted by Crippen LogP contribution is -2.14. The average Bonchev–Trinajstić information content (AvgIpc) is 2.06. The van der Waals surface area contributed by atoms with Gasteiger partial charge in [-0.2, -0.15) is 0 Å². The Balaban J connectivity index is 3.44. The first kappa shape index (κ1) is 11.0. The molecule has 0 spiro atoms. The highest BCUT2D eigenvalue weighted by molar-refractivity contribution is 7.89.